The summed E-state index contributed by atoms with van der Waals surface area (Å²) in [6.45, 7) is 0.332. The number of hydrogen-bond donors (Lipinski definition) is 0. The maximum absolute atomic E-state index is 9.32. The Bertz CT molecular complexity index is 712. The van der Waals surface area contributed by atoms with Gasteiger partial charge in [0.25, 0.3) is 0 Å². The van der Waals surface area contributed by atoms with Gasteiger partial charge in [0.2, 0.25) is 0 Å². The largest absolute Gasteiger partial charge is 0.492 e. The molecule has 0 fully saturated rings. The molecule has 114 valence electrons. The summed E-state index contributed by atoms with van der Waals surface area (Å²) in [6.07, 6.45) is 0.483. The van der Waals surface area contributed by atoms with E-state index in [-0.39, 0.29) is 5.92 Å². The summed E-state index contributed by atoms with van der Waals surface area (Å²) in [6, 6.07) is 12.3. The van der Waals surface area contributed by atoms with Gasteiger partial charge in [0, 0.05) is 21.5 Å². The van der Waals surface area contributed by atoms with Gasteiger partial charge in [-0.3, -0.25) is 0 Å². The molecular weight excluding hydrogens is 364 g/mol. The number of nitriles is 1. The summed E-state index contributed by atoms with van der Waals surface area (Å²) in [5, 5.41) is 11.3. The van der Waals surface area contributed by atoms with E-state index in [9.17, 15) is 5.26 Å². The van der Waals surface area contributed by atoms with Gasteiger partial charge in [0.1, 0.15) is 5.75 Å². The van der Waals surface area contributed by atoms with Crippen molar-refractivity contribution in [3.05, 3.63) is 62.1 Å². The first-order chi connectivity index (χ1) is 10.5. The highest BCUT2D eigenvalue weighted by Gasteiger charge is 2.15. The van der Waals surface area contributed by atoms with Crippen LogP contribution >= 0.6 is 46.4 Å². The highest BCUT2D eigenvalue weighted by Crippen LogP contribution is 2.31. The first kappa shape index (κ1) is 17.2. The molecule has 2 aromatic carbocycles. The zero-order chi connectivity index (χ0) is 16.1. The molecule has 0 saturated carbocycles. The zero-order valence-electron chi connectivity index (χ0n) is 11.3. The highest BCUT2D eigenvalue weighted by atomic mass is 35.5. The third-order valence-corrected chi connectivity index (χ3v) is 4.14. The van der Waals surface area contributed by atoms with Gasteiger partial charge in [-0.15, -0.1) is 0 Å². The number of benzene rings is 2. The van der Waals surface area contributed by atoms with Crippen LogP contribution in [0.3, 0.4) is 0 Å². The second kappa shape index (κ2) is 7.94. The van der Waals surface area contributed by atoms with Crippen LogP contribution in [0, 0.1) is 11.3 Å². The monoisotopic (exact) mass is 373 g/mol. The molecule has 0 bridgehead atoms. The second-order valence-electron chi connectivity index (χ2n) is 4.56. The van der Waals surface area contributed by atoms with Crippen LogP contribution in [0.25, 0.3) is 0 Å². The summed E-state index contributed by atoms with van der Waals surface area (Å²) in [5.41, 5.74) is 0.736. The maximum atomic E-state index is 9.32. The Morgan fingerprint density at radius 2 is 1.59 bits per heavy atom. The van der Waals surface area contributed by atoms with E-state index in [1.807, 2.05) is 0 Å². The smallest absolute Gasteiger partial charge is 0.137 e. The summed E-state index contributed by atoms with van der Waals surface area (Å²) >= 11 is 23.8. The highest BCUT2D eigenvalue weighted by molar-refractivity contribution is 6.35. The molecule has 0 spiro atoms. The van der Waals surface area contributed by atoms with Gasteiger partial charge in [-0.1, -0.05) is 52.5 Å². The number of ether oxygens (including phenoxy) is 1. The summed E-state index contributed by atoms with van der Waals surface area (Å²) < 4.78 is 5.60. The van der Waals surface area contributed by atoms with Crippen LogP contribution in [0.15, 0.2) is 36.4 Å². The molecule has 2 aromatic rings. The van der Waals surface area contributed by atoms with Crippen LogP contribution in [0.2, 0.25) is 20.1 Å². The Morgan fingerprint density at radius 1 is 0.955 bits per heavy atom. The number of hydrogen-bond acceptors (Lipinski definition) is 2. The van der Waals surface area contributed by atoms with Crippen LogP contribution in [-0.4, -0.2) is 6.61 Å². The molecule has 0 unspecified atom stereocenters. The van der Waals surface area contributed by atoms with Gasteiger partial charge >= 0.3 is 0 Å². The van der Waals surface area contributed by atoms with E-state index in [1.54, 1.807) is 36.4 Å². The summed E-state index contributed by atoms with van der Waals surface area (Å²) in [5.74, 6) is 0.154. The van der Waals surface area contributed by atoms with Gasteiger partial charge in [0.15, 0.2) is 0 Å². The number of halogens is 4. The standard InChI is InChI=1S/C16H11Cl4NO/c17-11-1-3-13(14(19)7-11)10(9-21)5-6-22-16-4-2-12(18)8-15(16)20/h1-4,7-8,10H,5-6H2/t10-/m1/s1. The van der Waals surface area contributed by atoms with E-state index in [1.165, 1.54) is 0 Å². The molecule has 2 nitrogen and oxygen atoms in total. The molecule has 6 heteroatoms. The van der Waals surface area contributed by atoms with Crippen molar-refractivity contribution >= 4 is 46.4 Å². The molecular formula is C16H11Cl4NO. The SMILES string of the molecule is N#C[C@@H](CCOc1ccc(Cl)cc1Cl)c1ccc(Cl)cc1Cl. The fraction of sp³-hybridized carbons (Fsp3) is 0.188. The van der Waals surface area contributed by atoms with Crippen LogP contribution in [0.1, 0.15) is 17.9 Å². The molecule has 0 aliphatic rings. The maximum Gasteiger partial charge on any atom is 0.137 e. The van der Waals surface area contributed by atoms with Gasteiger partial charge in [-0.05, 0) is 35.9 Å². The van der Waals surface area contributed by atoms with Crippen LogP contribution in [0.4, 0.5) is 0 Å². The summed E-state index contributed by atoms with van der Waals surface area (Å²) in [4.78, 5) is 0. The van der Waals surface area contributed by atoms with Gasteiger partial charge in [-0.25, -0.2) is 0 Å². The quantitative estimate of drug-likeness (QED) is 0.608. The normalized spacial score (nSPS) is 11.8. The van der Waals surface area contributed by atoms with E-state index in [0.717, 1.165) is 5.56 Å². The molecule has 0 aliphatic carbocycles. The lowest BCUT2D eigenvalue weighted by Gasteiger charge is -2.13. The van der Waals surface area contributed by atoms with Crippen molar-refractivity contribution < 1.29 is 4.74 Å². The topological polar surface area (TPSA) is 33.0 Å². The Hall–Kier alpha value is -1.11. The van der Waals surface area contributed by atoms with Crippen molar-refractivity contribution in [3.63, 3.8) is 0 Å². The molecule has 0 heterocycles. The molecule has 2 rings (SSSR count). The molecule has 0 amide bonds. The lowest BCUT2D eigenvalue weighted by Crippen LogP contribution is -2.05. The lowest BCUT2D eigenvalue weighted by molar-refractivity contribution is 0.306. The van der Waals surface area contributed by atoms with Crippen molar-refractivity contribution in [2.24, 2.45) is 0 Å². The molecule has 0 N–H and O–H groups in total. The van der Waals surface area contributed by atoms with E-state index in [2.05, 4.69) is 6.07 Å². The Morgan fingerprint density at radius 3 is 2.18 bits per heavy atom. The van der Waals surface area contributed by atoms with Gasteiger partial charge in [0.05, 0.1) is 23.6 Å². The predicted molar refractivity (Wildman–Crippen MR) is 91.4 cm³/mol. The minimum absolute atomic E-state index is 0.332. The Kier molecular flexibility index (Phi) is 6.23. The fourth-order valence-electron chi connectivity index (χ4n) is 1.95. The molecule has 0 aliphatic heterocycles. The lowest BCUT2D eigenvalue weighted by atomic mass is 9.97. The first-order valence-electron chi connectivity index (χ1n) is 6.43. The van der Waals surface area contributed by atoms with E-state index in [0.29, 0.717) is 38.9 Å². The van der Waals surface area contributed by atoms with Gasteiger partial charge < -0.3 is 4.74 Å². The Labute approximate surface area is 149 Å². The second-order valence-corrected chi connectivity index (χ2v) is 6.25. The van der Waals surface area contributed by atoms with Crippen molar-refractivity contribution in [2.75, 3.05) is 6.61 Å². The van der Waals surface area contributed by atoms with E-state index >= 15 is 0 Å². The molecule has 22 heavy (non-hydrogen) atoms. The number of rotatable bonds is 5. The molecule has 0 aromatic heterocycles. The molecule has 0 radical (unpaired) electrons. The third-order valence-electron chi connectivity index (χ3n) is 3.05. The average Bonchev–Trinajstić information content (AvgIpc) is 2.46. The zero-order valence-corrected chi connectivity index (χ0v) is 14.3. The first-order valence-corrected chi connectivity index (χ1v) is 7.95. The van der Waals surface area contributed by atoms with E-state index < -0.39 is 0 Å². The van der Waals surface area contributed by atoms with Crippen molar-refractivity contribution in [1.29, 1.82) is 5.26 Å². The third kappa shape index (κ3) is 4.44. The average molecular weight is 375 g/mol. The van der Waals surface area contributed by atoms with Crippen LogP contribution < -0.4 is 4.74 Å². The predicted octanol–water partition coefficient (Wildman–Crippen LogP) is 6.38. The van der Waals surface area contributed by atoms with Crippen molar-refractivity contribution in [2.45, 2.75) is 12.3 Å². The molecule has 1 atom stereocenters. The van der Waals surface area contributed by atoms with E-state index in [4.69, 9.17) is 51.1 Å². The minimum Gasteiger partial charge on any atom is -0.492 e. The van der Waals surface area contributed by atoms with Crippen LogP contribution in [-0.2, 0) is 0 Å². The van der Waals surface area contributed by atoms with Crippen LogP contribution in [0.5, 0.6) is 5.75 Å². The van der Waals surface area contributed by atoms with Crippen molar-refractivity contribution in [3.8, 4) is 11.8 Å². The van der Waals surface area contributed by atoms with Gasteiger partial charge in [-0.2, -0.15) is 5.26 Å². The van der Waals surface area contributed by atoms with Crippen molar-refractivity contribution in [1.82, 2.24) is 0 Å². The number of nitrogens with zero attached hydrogens (tertiary/aromatic N) is 1. The fourth-order valence-corrected chi connectivity index (χ4v) is 2.96. The summed E-state index contributed by atoms with van der Waals surface area (Å²) in [7, 11) is 0. The molecule has 0 saturated heterocycles. The minimum atomic E-state index is -0.379. The Balaban J connectivity index is 2.01.